The van der Waals surface area contributed by atoms with Gasteiger partial charge in [-0.05, 0) is 25.0 Å². The number of hydrogen-bond donors (Lipinski definition) is 3. The number of rotatable bonds is 7. The number of benzene rings is 1. The highest BCUT2D eigenvalue weighted by Gasteiger charge is 2.09. The smallest absolute Gasteiger partial charge is 0.253 e. The molecule has 0 saturated carbocycles. The summed E-state index contributed by atoms with van der Waals surface area (Å²) >= 11 is 0. The molecule has 0 atom stereocenters. The number of aryl methyl sites for hydroxylation is 1. The summed E-state index contributed by atoms with van der Waals surface area (Å²) in [7, 11) is 0. The number of nitrogens with one attached hydrogen (secondary N) is 1. The highest BCUT2D eigenvalue weighted by Crippen LogP contribution is 2.15. The average molecular weight is 252 g/mol. The minimum atomic E-state index is -0.168. The van der Waals surface area contributed by atoms with Crippen LogP contribution in [-0.4, -0.2) is 37.4 Å². The van der Waals surface area contributed by atoms with E-state index in [9.17, 15) is 4.79 Å². The van der Waals surface area contributed by atoms with Gasteiger partial charge in [0.2, 0.25) is 0 Å². The van der Waals surface area contributed by atoms with Crippen LogP contribution in [0.4, 0.5) is 5.69 Å². The Kier molecular flexibility index (Phi) is 6.18. The predicted molar refractivity (Wildman–Crippen MR) is 70.4 cm³/mol. The van der Waals surface area contributed by atoms with Gasteiger partial charge in [-0.1, -0.05) is 12.1 Å². The molecular weight excluding hydrogens is 232 g/mol. The van der Waals surface area contributed by atoms with Crippen LogP contribution in [0.3, 0.4) is 0 Å². The topological polar surface area (TPSA) is 84.6 Å². The Bertz CT molecular complexity index is 394. The SMILES string of the molecule is Cc1cccc(C(=O)NCCCOCCO)c1N. The van der Waals surface area contributed by atoms with Crippen LogP contribution in [-0.2, 0) is 4.74 Å². The maximum absolute atomic E-state index is 11.8. The Labute approximate surface area is 107 Å². The van der Waals surface area contributed by atoms with Crippen molar-refractivity contribution < 1.29 is 14.6 Å². The van der Waals surface area contributed by atoms with Gasteiger partial charge in [0.25, 0.3) is 5.91 Å². The number of ether oxygens (including phenoxy) is 1. The fraction of sp³-hybridized carbons (Fsp3) is 0.462. The number of aliphatic hydroxyl groups excluding tert-OH is 1. The van der Waals surface area contributed by atoms with Gasteiger partial charge in [-0.15, -0.1) is 0 Å². The first-order valence-electron chi connectivity index (χ1n) is 5.98. The Balaban J connectivity index is 2.35. The van der Waals surface area contributed by atoms with E-state index < -0.39 is 0 Å². The summed E-state index contributed by atoms with van der Waals surface area (Å²) in [6.07, 6.45) is 0.706. The van der Waals surface area contributed by atoms with Crippen molar-refractivity contribution in [1.82, 2.24) is 5.32 Å². The number of carbonyl (C=O) groups excluding carboxylic acids is 1. The molecule has 0 aliphatic carbocycles. The lowest BCUT2D eigenvalue weighted by molar-refractivity contribution is 0.0868. The average Bonchev–Trinajstić information content (AvgIpc) is 2.36. The lowest BCUT2D eigenvalue weighted by Crippen LogP contribution is -2.26. The van der Waals surface area contributed by atoms with Crippen LogP contribution in [0.15, 0.2) is 18.2 Å². The molecule has 0 radical (unpaired) electrons. The Morgan fingerprint density at radius 2 is 2.22 bits per heavy atom. The van der Waals surface area contributed by atoms with Gasteiger partial charge in [-0.25, -0.2) is 0 Å². The van der Waals surface area contributed by atoms with Crippen molar-refractivity contribution in [2.24, 2.45) is 0 Å². The second-order valence-electron chi connectivity index (χ2n) is 3.98. The zero-order valence-electron chi connectivity index (χ0n) is 10.6. The molecule has 0 saturated heterocycles. The molecule has 0 aromatic heterocycles. The molecule has 0 fully saturated rings. The van der Waals surface area contributed by atoms with Gasteiger partial charge < -0.3 is 20.9 Å². The van der Waals surface area contributed by atoms with Crippen LogP contribution in [0.2, 0.25) is 0 Å². The number of nitrogens with two attached hydrogens (primary N) is 1. The highest BCUT2D eigenvalue weighted by molar-refractivity contribution is 5.99. The second-order valence-corrected chi connectivity index (χ2v) is 3.98. The van der Waals surface area contributed by atoms with Crippen LogP contribution in [0.5, 0.6) is 0 Å². The number of amides is 1. The van der Waals surface area contributed by atoms with E-state index in [0.717, 1.165) is 5.56 Å². The summed E-state index contributed by atoms with van der Waals surface area (Å²) in [6.45, 7) is 3.27. The van der Waals surface area contributed by atoms with E-state index in [1.165, 1.54) is 0 Å². The monoisotopic (exact) mass is 252 g/mol. The minimum absolute atomic E-state index is 0.0200. The third-order valence-corrected chi connectivity index (χ3v) is 2.56. The van der Waals surface area contributed by atoms with Crippen molar-refractivity contribution in [2.45, 2.75) is 13.3 Å². The van der Waals surface area contributed by atoms with Gasteiger partial charge in [0, 0.05) is 18.8 Å². The molecule has 1 amide bonds. The van der Waals surface area contributed by atoms with Crippen LogP contribution < -0.4 is 11.1 Å². The first kappa shape index (κ1) is 14.5. The molecule has 0 unspecified atom stereocenters. The van der Waals surface area contributed by atoms with Crippen LogP contribution in [0.25, 0.3) is 0 Å². The number of carbonyl (C=O) groups is 1. The van der Waals surface area contributed by atoms with E-state index in [2.05, 4.69) is 5.32 Å². The molecular formula is C13H20N2O3. The molecule has 0 bridgehead atoms. The maximum Gasteiger partial charge on any atom is 0.253 e. The van der Waals surface area contributed by atoms with Crippen LogP contribution in [0.1, 0.15) is 22.3 Å². The molecule has 1 aromatic rings. The summed E-state index contributed by atoms with van der Waals surface area (Å²) in [5.41, 5.74) is 7.76. The quantitative estimate of drug-likeness (QED) is 0.493. The first-order chi connectivity index (χ1) is 8.66. The molecule has 18 heavy (non-hydrogen) atoms. The zero-order valence-corrected chi connectivity index (χ0v) is 10.6. The van der Waals surface area contributed by atoms with Gasteiger partial charge in [-0.2, -0.15) is 0 Å². The lowest BCUT2D eigenvalue weighted by atomic mass is 10.1. The molecule has 0 heterocycles. The van der Waals surface area contributed by atoms with E-state index in [0.29, 0.717) is 37.4 Å². The van der Waals surface area contributed by atoms with Crippen molar-refractivity contribution in [3.8, 4) is 0 Å². The largest absolute Gasteiger partial charge is 0.398 e. The fourth-order valence-corrected chi connectivity index (χ4v) is 1.52. The molecule has 0 aliphatic heterocycles. The summed E-state index contributed by atoms with van der Waals surface area (Å²) < 4.78 is 5.09. The van der Waals surface area contributed by atoms with Gasteiger partial charge in [-0.3, -0.25) is 4.79 Å². The molecule has 1 aromatic carbocycles. The van der Waals surface area contributed by atoms with E-state index in [1.807, 2.05) is 19.1 Å². The van der Waals surface area contributed by atoms with Crippen molar-refractivity contribution in [2.75, 3.05) is 32.1 Å². The van der Waals surface area contributed by atoms with E-state index >= 15 is 0 Å². The third-order valence-electron chi connectivity index (χ3n) is 2.56. The van der Waals surface area contributed by atoms with E-state index in [4.69, 9.17) is 15.6 Å². The maximum atomic E-state index is 11.8. The van der Waals surface area contributed by atoms with E-state index in [1.54, 1.807) is 6.07 Å². The Hall–Kier alpha value is -1.59. The van der Waals surface area contributed by atoms with E-state index in [-0.39, 0.29) is 12.5 Å². The van der Waals surface area contributed by atoms with Crippen LogP contribution in [0, 0.1) is 6.92 Å². The summed E-state index contributed by atoms with van der Waals surface area (Å²) in [5.74, 6) is -0.168. The zero-order chi connectivity index (χ0) is 13.4. The number of para-hydroxylation sites is 1. The third kappa shape index (κ3) is 4.35. The van der Waals surface area contributed by atoms with Crippen molar-refractivity contribution in [3.05, 3.63) is 29.3 Å². The van der Waals surface area contributed by atoms with Gasteiger partial charge >= 0.3 is 0 Å². The molecule has 0 spiro atoms. The molecule has 1 rings (SSSR count). The molecule has 4 N–H and O–H groups in total. The standard InChI is InChI=1S/C13H20N2O3/c1-10-4-2-5-11(12(10)14)13(17)15-6-3-8-18-9-7-16/h2,4-5,16H,3,6-9,14H2,1H3,(H,15,17). The molecule has 100 valence electrons. The number of nitrogen functional groups attached to an aromatic ring is 1. The normalized spacial score (nSPS) is 10.3. The van der Waals surface area contributed by atoms with Crippen molar-refractivity contribution in [3.63, 3.8) is 0 Å². The highest BCUT2D eigenvalue weighted by atomic mass is 16.5. The predicted octanol–water partition coefficient (Wildman–Crippen LogP) is 0.706. The van der Waals surface area contributed by atoms with Crippen molar-refractivity contribution >= 4 is 11.6 Å². The van der Waals surface area contributed by atoms with Gasteiger partial charge in [0.15, 0.2) is 0 Å². The number of anilines is 1. The summed E-state index contributed by atoms with van der Waals surface area (Å²) in [5, 5.41) is 11.3. The molecule has 5 heteroatoms. The Morgan fingerprint density at radius 3 is 2.94 bits per heavy atom. The summed E-state index contributed by atoms with van der Waals surface area (Å²) in [6, 6.07) is 5.39. The van der Waals surface area contributed by atoms with Gasteiger partial charge in [0.05, 0.1) is 18.8 Å². The fourth-order valence-electron chi connectivity index (χ4n) is 1.52. The number of aliphatic hydroxyl groups is 1. The van der Waals surface area contributed by atoms with Crippen LogP contribution >= 0.6 is 0 Å². The lowest BCUT2D eigenvalue weighted by Gasteiger charge is -2.09. The first-order valence-corrected chi connectivity index (χ1v) is 5.98. The number of hydrogen-bond acceptors (Lipinski definition) is 4. The second kappa shape index (κ2) is 7.68. The Morgan fingerprint density at radius 1 is 1.44 bits per heavy atom. The molecule has 0 aliphatic rings. The van der Waals surface area contributed by atoms with Crippen molar-refractivity contribution in [1.29, 1.82) is 0 Å². The minimum Gasteiger partial charge on any atom is -0.398 e. The molecule has 5 nitrogen and oxygen atoms in total. The van der Waals surface area contributed by atoms with Gasteiger partial charge in [0.1, 0.15) is 0 Å². The summed E-state index contributed by atoms with van der Waals surface area (Å²) in [4.78, 5) is 11.8.